The van der Waals surface area contributed by atoms with Crippen molar-refractivity contribution in [3.63, 3.8) is 0 Å². The van der Waals surface area contributed by atoms with E-state index in [1.54, 1.807) is 6.92 Å². The third-order valence-electron chi connectivity index (χ3n) is 3.41. The van der Waals surface area contributed by atoms with Crippen LogP contribution in [0.3, 0.4) is 0 Å². The Morgan fingerprint density at radius 1 is 1.53 bits per heavy atom. The Kier molecular flexibility index (Phi) is 4.82. The van der Waals surface area contributed by atoms with Gasteiger partial charge in [0, 0.05) is 17.6 Å². The van der Waals surface area contributed by atoms with E-state index in [1.165, 1.54) is 0 Å². The molecule has 0 saturated carbocycles. The van der Waals surface area contributed by atoms with Crippen LogP contribution in [-0.2, 0) is 4.79 Å². The van der Waals surface area contributed by atoms with E-state index in [2.05, 4.69) is 15.9 Å². The van der Waals surface area contributed by atoms with Crippen LogP contribution in [0.15, 0.2) is 28.7 Å². The summed E-state index contributed by atoms with van der Waals surface area (Å²) >= 11 is 3.37. The first kappa shape index (κ1) is 14.3. The van der Waals surface area contributed by atoms with Gasteiger partial charge in [0.05, 0.1) is 0 Å². The number of rotatable bonds is 4. The lowest BCUT2D eigenvalue weighted by Crippen LogP contribution is -2.39. The molecule has 5 heteroatoms. The van der Waals surface area contributed by atoms with Crippen molar-refractivity contribution in [3.05, 3.63) is 28.7 Å². The lowest BCUT2D eigenvalue weighted by molar-refractivity contribution is -0.136. The molecule has 1 heterocycles. The predicted molar refractivity (Wildman–Crippen MR) is 78.0 cm³/mol. The number of nitrogens with two attached hydrogens (primary N) is 1. The minimum absolute atomic E-state index is 0.0406. The van der Waals surface area contributed by atoms with Gasteiger partial charge in [-0.2, -0.15) is 0 Å². The number of halogens is 1. The quantitative estimate of drug-likeness (QED) is 0.921. The topological polar surface area (TPSA) is 55.6 Å². The second kappa shape index (κ2) is 6.39. The largest absolute Gasteiger partial charge is 0.481 e. The molecule has 1 saturated heterocycles. The van der Waals surface area contributed by atoms with Crippen LogP contribution in [0.1, 0.15) is 13.3 Å². The van der Waals surface area contributed by atoms with Crippen LogP contribution in [0, 0.1) is 5.92 Å². The Morgan fingerprint density at radius 2 is 2.21 bits per heavy atom. The van der Waals surface area contributed by atoms with Gasteiger partial charge < -0.3 is 15.4 Å². The molecule has 1 aliphatic heterocycles. The summed E-state index contributed by atoms with van der Waals surface area (Å²) in [4.78, 5) is 14.1. The maximum Gasteiger partial charge on any atom is 0.263 e. The number of nitrogens with zero attached hydrogens (tertiary/aromatic N) is 1. The molecule has 1 amide bonds. The summed E-state index contributed by atoms with van der Waals surface area (Å²) in [6.45, 7) is 3.98. The summed E-state index contributed by atoms with van der Waals surface area (Å²) in [6.07, 6.45) is 0.533. The summed E-state index contributed by atoms with van der Waals surface area (Å²) in [5, 5.41) is 0. The van der Waals surface area contributed by atoms with Gasteiger partial charge in [-0.05, 0) is 50.1 Å². The fourth-order valence-corrected chi connectivity index (χ4v) is 2.51. The number of hydrogen-bond acceptors (Lipinski definition) is 3. The van der Waals surface area contributed by atoms with Crippen LogP contribution in [0.25, 0.3) is 0 Å². The number of benzene rings is 1. The van der Waals surface area contributed by atoms with E-state index in [0.29, 0.717) is 18.2 Å². The SMILES string of the molecule is CC(Oc1ccc(Br)cc1)C(=O)N1CCC(CN)C1. The van der Waals surface area contributed by atoms with Crippen LogP contribution in [0.4, 0.5) is 0 Å². The summed E-state index contributed by atoms with van der Waals surface area (Å²) in [6, 6.07) is 7.49. The molecule has 104 valence electrons. The first-order valence-electron chi connectivity index (χ1n) is 6.51. The lowest BCUT2D eigenvalue weighted by Gasteiger charge is -2.21. The number of hydrogen-bond donors (Lipinski definition) is 1. The Hall–Kier alpha value is -1.07. The molecule has 0 radical (unpaired) electrons. The molecule has 0 aromatic heterocycles. The number of ether oxygens (including phenoxy) is 1. The number of amides is 1. The first-order valence-corrected chi connectivity index (χ1v) is 7.30. The van der Waals surface area contributed by atoms with Crippen molar-refractivity contribution >= 4 is 21.8 Å². The highest BCUT2D eigenvalue weighted by molar-refractivity contribution is 9.10. The number of carbonyl (C=O) groups excluding carboxylic acids is 1. The van der Waals surface area contributed by atoms with Gasteiger partial charge in [-0.25, -0.2) is 0 Å². The highest BCUT2D eigenvalue weighted by atomic mass is 79.9. The van der Waals surface area contributed by atoms with Crippen LogP contribution >= 0.6 is 15.9 Å². The normalized spacial score (nSPS) is 20.4. The number of carbonyl (C=O) groups is 1. The molecule has 4 nitrogen and oxygen atoms in total. The highest BCUT2D eigenvalue weighted by Gasteiger charge is 2.29. The van der Waals surface area contributed by atoms with Crippen molar-refractivity contribution in [2.24, 2.45) is 11.7 Å². The third kappa shape index (κ3) is 3.70. The summed E-state index contributed by atoms with van der Waals surface area (Å²) in [7, 11) is 0. The maximum atomic E-state index is 12.2. The van der Waals surface area contributed by atoms with Crippen LogP contribution in [0.5, 0.6) is 5.75 Å². The highest BCUT2D eigenvalue weighted by Crippen LogP contribution is 2.20. The average Bonchev–Trinajstić information content (AvgIpc) is 2.89. The van der Waals surface area contributed by atoms with Crippen molar-refractivity contribution in [1.29, 1.82) is 0 Å². The molecule has 1 aromatic carbocycles. The Morgan fingerprint density at radius 3 is 2.79 bits per heavy atom. The molecule has 1 aromatic rings. The third-order valence-corrected chi connectivity index (χ3v) is 3.93. The second-order valence-electron chi connectivity index (χ2n) is 4.89. The van der Waals surface area contributed by atoms with Crippen molar-refractivity contribution in [1.82, 2.24) is 4.90 Å². The molecule has 0 bridgehead atoms. The zero-order valence-electron chi connectivity index (χ0n) is 11.0. The van der Waals surface area contributed by atoms with Crippen molar-refractivity contribution in [2.75, 3.05) is 19.6 Å². The fourth-order valence-electron chi connectivity index (χ4n) is 2.25. The molecule has 19 heavy (non-hydrogen) atoms. The first-order chi connectivity index (χ1) is 9.10. The van der Waals surface area contributed by atoms with Crippen molar-refractivity contribution in [3.8, 4) is 5.75 Å². The van der Waals surface area contributed by atoms with Gasteiger partial charge >= 0.3 is 0 Å². The molecule has 2 unspecified atom stereocenters. The molecule has 2 atom stereocenters. The Bertz CT molecular complexity index is 436. The van der Waals surface area contributed by atoms with E-state index in [-0.39, 0.29) is 5.91 Å². The van der Waals surface area contributed by atoms with Gasteiger partial charge in [-0.1, -0.05) is 15.9 Å². The van der Waals surface area contributed by atoms with Crippen LogP contribution in [-0.4, -0.2) is 36.5 Å². The van der Waals surface area contributed by atoms with Gasteiger partial charge in [0.15, 0.2) is 6.10 Å². The van der Waals surface area contributed by atoms with E-state index < -0.39 is 6.10 Å². The van der Waals surface area contributed by atoms with Gasteiger partial charge in [0.25, 0.3) is 5.91 Å². The summed E-state index contributed by atoms with van der Waals surface area (Å²) in [5.74, 6) is 1.18. The maximum absolute atomic E-state index is 12.2. The lowest BCUT2D eigenvalue weighted by atomic mass is 10.1. The van der Waals surface area contributed by atoms with E-state index in [1.807, 2.05) is 29.2 Å². The minimum atomic E-state index is -0.460. The second-order valence-corrected chi connectivity index (χ2v) is 5.80. The van der Waals surface area contributed by atoms with Gasteiger partial charge in [-0.3, -0.25) is 4.79 Å². The molecule has 2 N–H and O–H groups in total. The van der Waals surface area contributed by atoms with Crippen molar-refractivity contribution in [2.45, 2.75) is 19.4 Å². The van der Waals surface area contributed by atoms with Crippen LogP contribution < -0.4 is 10.5 Å². The van der Waals surface area contributed by atoms with E-state index in [9.17, 15) is 4.79 Å². The van der Waals surface area contributed by atoms with Gasteiger partial charge in [-0.15, -0.1) is 0 Å². The Balaban J connectivity index is 1.91. The van der Waals surface area contributed by atoms with Crippen molar-refractivity contribution < 1.29 is 9.53 Å². The molecular formula is C14H19BrN2O2. The molecule has 0 spiro atoms. The molecule has 0 aliphatic carbocycles. The van der Waals surface area contributed by atoms with Gasteiger partial charge in [0.1, 0.15) is 5.75 Å². The van der Waals surface area contributed by atoms with E-state index in [0.717, 1.165) is 24.0 Å². The average molecular weight is 327 g/mol. The molecular weight excluding hydrogens is 308 g/mol. The predicted octanol–water partition coefficient (Wildman–Crippen LogP) is 2.02. The van der Waals surface area contributed by atoms with E-state index in [4.69, 9.17) is 10.5 Å². The fraction of sp³-hybridized carbons (Fsp3) is 0.500. The summed E-state index contributed by atoms with van der Waals surface area (Å²) < 4.78 is 6.66. The molecule has 2 rings (SSSR count). The number of likely N-dealkylation sites (tertiary alicyclic amines) is 1. The van der Waals surface area contributed by atoms with E-state index >= 15 is 0 Å². The Labute approximate surface area is 122 Å². The standard InChI is InChI=1S/C14H19BrN2O2/c1-10(19-13-4-2-12(15)3-5-13)14(18)17-7-6-11(8-16)9-17/h2-5,10-11H,6-9,16H2,1H3. The summed E-state index contributed by atoms with van der Waals surface area (Å²) in [5.41, 5.74) is 5.64. The monoisotopic (exact) mass is 326 g/mol. The van der Waals surface area contributed by atoms with Gasteiger partial charge in [0.2, 0.25) is 0 Å². The molecule has 1 aliphatic rings. The zero-order valence-corrected chi connectivity index (χ0v) is 12.6. The molecule has 1 fully saturated rings. The smallest absolute Gasteiger partial charge is 0.263 e. The zero-order chi connectivity index (χ0) is 13.8. The minimum Gasteiger partial charge on any atom is -0.481 e. The van der Waals surface area contributed by atoms with Crippen LogP contribution in [0.2, 0.25) is 0 Å².